The van der Waals surface area contributed by atoms with Crippen molar-refractivity contribution in [3.63, 3.8) is 0 Å². The number of carbonyl (C=O) groups is 2. The zero-order chi connectivity index (χ0) is 22.4. The number of ether oxygens (including phenoxy) is 3. The Bertz CT molecular complexity index is 1140. The van der Waals surface area contributed by atoms with Gasteiger partial charge in [-0.2, -0.15) is 5.10 Å². The monoisotopic (exact) mass is 441 g/mol. The van der Waals surface area contributed by atoms with Gasteiger partial charge in [0.15, 0.2) is 11.5 Å². The van der Waals surface area contributed by atoms with Crippen molar-refractivity contribution in [3.8, 4) is 17.2 Å². The maximum atomic E-state index is 12.6. The summed E-state index contributed by atoms with van der Waals surface area (Å²) in [6, 6.07) is 11.0. The molecule has 3 rings (SSSR count). The standard InChI is InChI=1S/C22H23N3O5S/c1-13(16-12-31-20-8-6-5-7-14(16)20)24-25-21(26)11-23-22(27)15-9-18(29-3)19(30-4)10-17(15)28-2/h5-10,12H,11H2,1-4H3,(H,23,27)(H,25,26). The SMILES string of the molecule is COc1cc(OC)c(C(=O)NCC(=O)NN=C(C)c2csc3ccccc23)cc1OC. The number of hydrogen-bond donors (Lipinski definition) is 2. The summed E-state index contributed by atoms with van der Waals surface area (Å²) in [7, 11) is 4.40. The minimum atomic E-state index is -0.488. The van der Waals surface area contributed by atoms with Crippen LogP contribution in [0, 0.1) is 0 Å². The van der Waals surface area contributed by atoms with E-state index in [2.05, 4.69) is 15.8 Å². The number of carbonyl (C=O) groups excluding carboxylic acids is 2. The van der Waals surface area contributed by atoms with Crippen molar-refractivity contribution in [2.24, 2.45) is 5.10 Å². The Morgan fingerprint density at radius 3 is 2.35 bits per heavy atom. The number of nitrogens with one attached hydrogen (secondary N) is 2. The van der Waals surface area contributed by atoms with Crippen molar-refractivity contribution in [2.75, 3.05) is 27.9 Å². The molecule has 3 aromatic rings. The summed E-state index contributed by atoms with van der Waals surface area (Å²) in [5.41, 5.74) is 4.33. The average molecular weight is 442 g/mol. The summed E-state index contributed by atoms with van der Waals surface area (Å²) in [5, 5.41) is 9.80. The van der Waals surface area contributed by atoms with E-state index < -0.39 is 11.8 Å². The van der Waals surface area contributed by atoms with Crippen LogP contribution in [-0.2, 0) is 4.79 Å². The van der Waals surface area contributed by atoms with Gasteiger partial charge in [0.25, 0.3) is 11.8 Å². The molecular weight excluding hydrogens is 418 g/mol. The predicted molar refractivity (Wildman–Crippen MR) is 121 cm³/mol. The van der Waals surface area contributed by atoms with Gasteiger partial charge in [-0.05, 0) is 13.0 Å². The van der Waals surface area contributed by atoms with Gasteiger partial charge in [0.05, 0.1) is 39.1 Å². The number of rotatable bonds is 8. The number of hydrazone groups is 1. The Hall–Kier alpha value is -3.59. The van der Waals surface area contributed by atoms with Gasteiger partial charge in [0.1, 0.15) is 5.75 Å². The first-order chi connectivity index (χ1) is 15.0. The van der Waals surface area contributed by atoms with Crippen molar-refractivity contribution in [3.05, 3.63) is 52.9 Å². The van der Waals surface area contributed by atoms with Gasteiger partial charge in [-0.25, -0.2) is 5.43 Å². The topological polar surface area (TPSA) is 98.2 Å². The van der Waals surface area contributed by atoms with E-state index in [1.807, 2.05) is 36.6 Å². The Balaban J connectivity index is 1.64. The van der Waals surface area contributed by atoms with Crippen LogP contribution in [0.3, 0.4) is 0 Å². The highest BCUT2D eigenvalue weighted by molar-refractivity contribution is 7.17. The van der Waals surface area contributed by atoms with Crippen molar-refractivity contribution < 1.29 is 23.8 Å². The molecule has 0 saturated heterocycles. The van der Waals surface area contributed by atoms with E-state index in [1.54, 1.807) is 17.4 Å². The molecule has 0 bridgehead atoms. The largest absolute Gasteiger partial charge is 0.496 e. The summed E-state index contributed by atoms with van der Waals surface area (Å²) in [6.07, 6.45) is 0. The number of benzene rings is 2. The first kappa shape index (κ1) is 22.1. The van der Waals surface area contributed by atoms with E-state index in [9.17, 15) is 9.59 Å². The quantitative estimate of drug-likeness (QED) is 0.413. The fraction of sp³-hybridized carbons (Fsp3) is 0.227. The van der Waals surface area contributed by atoms with Crippen molar-refractivity contribution in [1.82, 2.24) is 10.7 Å². The highest BCUT2D eigenvalue weighted by Gasteiger charge is 2.18. The molecule has 0 unspecified atom stereocenters. The van der Waals surface area contributed by atoms with Crippen molar-refractivity contribution in [1.29, 1.82) is 0 Å². The summed E-state index contributed by atoms with van der Waals surface area (Å²) < 4.78 is 16.8. The molecule has 0 radical (unpaired) electrons. The van der Waals surface area contributed by atoms with E-state index >= 15 is 0 Å². The lowest BCUT2D eigenvalue weighted by atomic mass is 10.1. The number of amides is 2. The van der Waals surface area contributed by atoms with Gasteiger partial charge >= 0.3 is 0 Å². The molecule has 2 aromatic carbocycles. The van der Waals surface area contributed by atoms with Crippen LogP contribution in [0.2, 0.25) is 0 Å². The second-order valence-corrected chi connectivity index (χ2v) is 7.38. The lowest BCUT2D eigenvalue weighted by Gasteiger charge is -2.13. The Morgan fingerprint density at radius 2 is 1.65 bits per heavy atom. The average Bonchev–Trinajstić information content (AvgIpc) is 3.24. The summed E-state index contributed by atoms with van der Waals surface area (Å²) in [6.45, 7) is 1.57. The predicted octanol–water partition coefficient (Wildman–Crippen LogP) is 3.20. The third kappa shape index (κ3) is 4.95. The van der Waals surface area contributed by atoms with Gasteiger partial charge in [0, 0.05) is 33.2 Å². The number of hydrogen-bond acceptors (Lipinski definition) is 7. The van der Waals surface area contributed by atoms with Crippen LogP contribution >= 0.6 is 11.3 Å². The first-order valence-corrected chi connectivity index (χ1v) is 10.2. The van der Waals surface area contributed by atoms with Crippen LogP contribution in [0.25, 0.3) is 10.1 Å². The minimum Gasteiger partial charge on any atom is -0.496 e. The lowest BCUT2D eigenvalue weighted by Crippen LogP contribution is -2.35. The van der Waals surface area contributed by atoms with Crippen LogP contribution in [0.5, 0.6) is 17.2 Å². The molecule has 0 saturated carbocycles. The normalized spacial score (nSPS) is 11.2. The van der Waals surface area contributed by atoms with Crippen molar-refractivity contribution in [2.45, 2.75) is 6.92 Å². The zero-order valence-corrected chi connectivity index (χ0v) is 18.5. The van der Waals surface area contributed by atoms with E-state index in [0.29, 0.717) is 23.0 Å². The molecule has 2 N–H and O–H groups in total. The number of fused-ring (bicyclic) bond motifs is 1. The summed E-state index contributed by atoms with van der Waals surface area (Å²) >= 11 is 1.62. The summed E-state index contributed by atoms with van der Waals surface area (Å²) in [5.74, 6) is 0.165. The number of methoxy groups -OCH3 is 3. The van der Waals surface area contributed by atoms with Crippen LogP contribution in [0.4, 0.5) is 0 Å². The molecule has 0 atom stereocenters. The second-order valence-electron chi connectivity index (χ2n) is 6.47. The van der Waals surface area contributed by atoms with Crippen LogP contribution in [0.1, 0.15) is 22.8 Å². The van der Waals surface area contributed by atoms with Crippen LogP contribution in [0.15, 0.2) is 46.9 Å². The minimum absolute atomic E-state index is 0.220. The molecule has 0 fully saturated rings. The number of nitrogens with zero attached hydrogens (tertiary/aromatic N) is 1. The van der Waals surface area contributed by atoms with Crippen molar-refractivity contribution >= 4 is 38.9 Å². The molecule has 0 aliphatic carbocycles. The Labute approximate surface area is 183 Å². The molecule has 0 spiro atoms. The number of thiophene rings is 1. The van der Waals surface area contributed by atoms with E-state index in [0.717, 1.165) is 15.6 Å². The highest BCUT2D eigenvalue weighted by atomic mass is 32.1. The zero-order valence-electron chi connectivity index (χ0n) is 17.6. The molecule has 0 aliphatic rings. The van der Waals surface area contributed by atoms with Gasteiger partial charge in [-0.1, -0.05) is 18.2 Å². The summed E-state index contributed by atoms with van der Waals surface area (Å²) in [4.78, 5) is 24.8. The van der Waals surface area contributed by atoms with E-state index in [1.165, 1.54) is 27.4 Å². The van der Waals surface area contributed by atoms with Crippen LogP contribution < -0.4 is 25.0 Å². The molecule has 1 heterocycles. The van der Waals surface area contributed by atoms with Gasteiger partial charge < -0.3 is 19.5 Å². The molecular formula is C22H23N3O5S. The van der Waals surface area contributed by atoms with E-state index in [-0.39, 0.29) is 12.1 Å². The fourth-order valence-electron chi connectivity index (χ4n) is 2.97. The Morgan fingerprint density at radius 1 is 0.968 bits per heavy atom. The smallest absolute Gasteiger partial charge is 0.259 e. The molecule has 31 heavy (non-hydrogen) atoms. The first-order valence-electron chi connectivity index (χ1n) is 9.36. The second kappa shape index (κ2) is 9.94. The molecule has 2 amide bonds. The van der Waals surface area contributed by atoms with E-state index in [4.69, 9.17) is 14.2 Å². The molecule has 162 valence electrons. The maximum absolute atomic E-state index is 12.6. The van der Waals surface area contributed by atoms with Gasteiger partial charge in [-0.15, -0.1) is 11.3 Å². The van der Waals surface area contributed by atoms with Gasteiger partial charge in [0.2, 0.25) is 0 Å². The lowest BCUT2D eigenvalue weighted by molar-refractivity contribution is -0.120. The molecule has 8 nitrogen and oxygen atoms in total. The van der Waals surface area contributed by atoms with Gasteiger partial charge in [-0.3, -0.25) is 9.59 Å². The highest BCUT2D eigenvalue weighted by Crippen LogP contribution is 2.34. The third-order valence-electron chi connectivity index (χ3n) is 4.58. The van der Waals surface area contributed by atoms with Crippen LogP contribution in [-0.4, -0.2) is 45.4 Å². The fourth-order valence-corrected chi connectivity index (χ4v) is 3.97. The molecule has 1 aromatic heterocycles. The Kier molecular flexibility index (Phi) is 7.09. The third-order valence-corrected chi connectivity index (χ3v) is 5.54. The molecule has 9 heteroatoms. The maximum Gasteiger partial charge on any atom is 0.259 e. The molecule has 0 aliphatic heterocycles.